The predicted molar refractivity (Wildman–Crippen MR) is 134 cm³/mol. The van der Waals surface area contributed by atoms with Crippen molar-refractivity contribution in [1.82, 2.24) is 20.2 Å². The van der Waals surface area contributed by atoms with Gasteiger partial charge in [0.25, 0.3) is 5.91 Å². The molecule has 1 aliphatic rings. The lowest BCUT2D eigenvalue weighted by atomic mass is 10.0. The van der Waals surface area contributed by atoms with Crippen molar-refractivity contribution in [2.24, 2.45) is 0 Å². The number of imide groups is 1. The SMILES string of the molecule is C#Cc1ccc2[nH]c([C@H](Cc3ccccc3)N3C(=O)NC(c4ccc(OCCO)cc4)C3=O)nc2c1. The number of nitrogens with one attached hydrogen (secondary N) is 2. The highest BCUT2D eigenvalue weighted by Gasteiger charge is 2.44. The second-order valence-corrected chi connectivity index (χ2v) is 8.44. The van der Waals surface area contributed by atoms with Gasteiger partial charge in [0.05, 0.1) is 17.6 Å². The van der Waals surface area contributed by atoms with Crippen molar-refractivity contribution < 1.29 is 19.4 Å². The quantitative estimate of drug-likeness (QED) is 0.264. The molecule has 0 saturated carbocycles. The number of urea groups is 1. The van der Waals surface area contributed by atoms with Crippen molar-refractivity contribution in [1.29, 1.82) is 0 Å². The Labute approximate surface area is 207 Å². The van der Waals surface area contributed by atoms with Crippen LogP contribution in [0.3, 0.4) is 0 Å². The summed E-state index contributed by atoms with van der Waals surface area (Å²) in [6.45, 7) is 0.0796. The first-order valence-electron chi connectivity index (χ1n) is 11.5. The number of aromatic amines is 1. The number of benzene rings is 3. The van der Waals surface area contributed by atoms with E-state index in [1.54, 1.807) is 30.3 Å². The third-order valence-corrected chi connectivity index (χ3v) is 6.11. The van der Waals surface area contributed by atoms with E-state index in [9.17, 15) is 9.59 Å². The minimum atomic E-state index is -0.833. The van der Waals surface area contributed by atoms with Crippen LogP contribution in [0, 0.1) is 12.3 Å². The van der Waals surface area contributed by atoms with E-state index < -0.39 is 18.1 Å². The van der Waals surface area contributed by atoms with Crippen LogP contribution in [0.15, 0.2) is 72.8 Å². The summed E-state index contributed by atoms with van der Waals surface area (Å²) in [7, 11) is 0. The predicted octanol–water partition coefficient (Wildman–Crippen LogP) is 3.49. The summed E-state index contributed by atoms with van der Waals surface area (Å²) in [6.07, 6.45) is 5.93. The molecule has 0 bridgehead atoms. The molecule has 3 N–H and O–H groups in total. The minimum Gasteiger partial charge on any atom is -0.491 e. The third kappa shape index (κ3) is 4.52. The number of imidazole rings is 1. The van der Waals surface area contributed by atoms with Crippen molar-refractivity contribution in [2.45, 2.75) is 18.5 Å². The Morgan fingerprint density at radius 1 is 1.08 bits per heavy atom. The molecular weight excluding hydrogens is 456 g/mol. The van der Waals surface area contributed by atoms with Crippen LogP contribution in [0.5, 0.6) is 5.75 Å². The Balaban J connectivity index is 1.48. The molecule has 2 atom stereocenters. The molecule has 5 rings (SSSR count). The fraction of sp³-hybridized carbons (Fsp3) is 0.179. The summed E-state index contributed by atoms with van der Waals surface area (Å²) < 4.78 is 5.39. The van der Waals surface area contributed by atoms with E-state index in [1.807, 2.05) is 42.5 Å². The van der Waals surface area contributed by atoms with E-state index in [2.05, 4.69) is 16.2 Å². The maximum Gasteiger partial charge on any atom is 0.325 e. The maximum absolute atomic E-state index is 13.6. The molecule has 0 radical (unpaired) electrons. The smallest absolute Gasteiger partial charge is 0.325 e. The lowest BCUT2D eigenvalue weighted by Gasteiger charge is -2.24. The Morgan fingerprint density at radius 3 is 2.58 bits per heavy atom. The average Bonchev–Trinajstić information content (AvgIpc) is 3.46. The zero-order valence-corrected chi connectivity index (χ0v) is 19.3. The first-order valence-corrected chi connectivity index (χ1v) is 11.5. The number of H-pyrrole nitrogens is 1. The minimum absolute atomic E-state index is 0.0947. The number of hydrogen-bond acceptors (Lipinski definition) is 5. The lowest BCUT2D eigenvalue weighted by Crippen LogP contribution is -2.36. The molecule has 1 aliphatic heterocycles. The van der Waals surface area contributed by atoms with Gasteiger partial charge in [0, 0.05) is 12.0 Å². The van der Waals surface area contributed by atoms with Gasteiger partial charge in [-0.05, 0) is 41.5 Å². The summed E-state index contributed by atoms with van der Waals surface area (Å²) in [5, 5.41) is 11.7. The van der Waals surface area contributed by atoms with Crippen LogP contribution in [0.4, 0.5) is 4.79 Å². The molecule has 0 spiro atoms. The zero-order chi connectivity index (χ0) is 25.1. The molecule has 3 amide bonds. The normalized spacial score (nSPS) is 16.1. The fourth-order valence-electron chi connectivity index (χ4n) is 4.36. The standard InChI is InChI=1S/C28H24N4O4/c1-2-18-8-13-22-23(16-18)30-26(29-22)24(17-19-6-4-3-5-7-19)32-27(34)25(31-28(32)35)20-9-11-21(12-10-20)36-15-14-33/h1,3-13,16,24-25,33H,14-15,17H2,(H,29,30)(H,31,35)/t24-,25?/m0/s1. The average molecular weight is 481 g/mol. The van der Waals surface area contributed by atoms with Gasteiger partial charge < -0.3 is 20.1 Å². The Bertz CT molecular complexity index is 1440. The summed E-state index contributed by atoms with van der Waals surface area (Å²) in [5.41, 5.74) is 3.72. The first kappa shape index (κ1) is 23.1. The number of nitrogens with zero attached hydrogens (tertiary/aromatic N) is 2. The molecule has 8 heteroatoms. The maximum atomic E-state index is 13.6. The van der Waals surface area contributed by atoms with Gasteiger partial charge in [-0.3, -0.25) is 9.69 Å². The number of aliphatic hydroxyl groups is 1. The Hall–Kier alpha value is -4.61. The number of aliphatic hydroxyl groups excluding tert-OH is 1. The number of fused-ring (bicyclic) bond motifs is 1. The van der Waals surface area contributed by atoms with Gasteiger partial charge in [0.1, 0.15) is 30.3 Å². The second-order valence-electron chi connectivity index (χ2n) is 8.44. The number of carbonyl (C=O) groups is 2. The molecule has 36 heavy (non-hydrogen) atoms. The van der Waals surface area contributed by atoms with Crippen LogP contribution in [0.25, 0.3) is 11.0 Å². The highest BCUT2D eigenvalue weighted by atomic mass is 16.5. The Morgan fingerprint density at radius 2 is 1.86 bits per heavy atom. The van der Waals surface area contributed by atoms with Crippen LogP contribution in [0.2, 0.25) is 0 Å². The van der Waals surface area contributed by atoms with E-state index in [0.717, 1.165) is 11.1 Å². The van der Waals surface area contributed by atoms with Crippen LogP contribution in [-0.4, -0.2) is 45.1 Å². The van der Waals surface area contributed by atoms with Gasteiger partial charge in [-0.15, -0.1) is 6.42 Å². The van der Waals surface area contributed by atoms with Crippen molar-refractivity contribution in [3.05, 3.63) is 95.3 Å². The number of terminal acetylenes is 1. The highest BCUT2D eigenvalue weighted by molar-refractivity contribution is 6.05. The molecule has 180 valence electrons. The van der Waals surface area contributed by atoms with Gasteiger partial charge in [-0.2, -0.15) is 0 Å². The third-order valence-electron chi connectivity index (χ3n) is 6.11. The summed E-state index contributed by atoms with van der Waals surface area (Å²) >= 11 is 0. The van der Waals surface area contributed by atoms with Crippen LogP contribution in [-0.2, 0) is 11.2 Å². The van der Waals surface area contributed by atoms with Crippen molar-refractivity contribution in [2.75, 3.05) is 13.2 Å². The number of rotatable bonds is 8. The zero-order valence-electron chi connectivity index (χ0n) is 19.3. The fourth-order valence-corrected chi connectivity index (χ4v) is 4.36. The monoisotopic (exact) mass is 480 g/mol. The van der Waals surface area contributed by atoms with E-state index in [4.69, 9.17) is 21.3 Å². The molecule has 3 aromatic carbocycles. The largest absolute Gasteiger partial charge is 0.491 e. The van der Waals surface area contributed by atoms with Gasteiger partial charge in [0.15, 0.2) is 0 Å². The van der Waals surface area contributed by atoms with Crippen molar-refractivity contribution in [3.63, 3.8) is 0 Å². The van der Waals surface area contributed by atoms with E-state index in [1.165, 1.54) is 4.90 Å². The summed E-state index contributed by atoms with van der Waals surface area (Å²) in [4.78, 5) is 36.0. The van der Waals surface area contributed by atoms with Gasteiger partial charge in [0.2, 0.25) is 0 Å². The second kappa shape index (κ2) is 9.94. The summed E-state index contributed by atoms with van der Waals surface area (Å²) in [6, 6.07) is 20.0. The molecule has 1 saturated heterocycles. The van der Waals surface area contributed by atoms with E-state index in [-0.39, 0.29) is 19.1 Å². The molecule has 1 unspecified atom stereocenters. The van der Waals surface area contributed by atoms with Crippen molar-refractivity contribution >= 4 is 23.0 Å². The van der Waals surface area contributed by atoms with Crippen LogP contribution >= 0.6 is 0 Å². The summed E-state index contributed by atoms with van der Waals surface area (Å²) in [5.74, 6) is 3.30. The van der Waals surface area contributed by atoms with E-state index >= 15 is 0 Å². The lowest BCUT2D eigenvalue weighted by molar-refractivity contribution is -0.129. The number of ether oxygens (including phenoxy) is 1. The molecule has 1 aromatic heterocycles. The highest BCUT2D eigenvalue weighted by Crippen LogP contribution is 2.33. The molecular formula is C28H24N4O4. The van der Waals surface area contributed by atoms with Crippen molar-refractivity contribution in [3.8, 4) is 18.1 Å². The number of carbonyl (C=O) groups excluding carboxylic acids is 2. The molecule has 4 aromatic rings. The molecule has 0 aliphatic carbocycles. The Kier molecular flexibility index (Phi) is 6.39. The molecule has 2 heterocycles. The molecule has 8 nitrogen and oxygen atoms in total. The van der Waals surface area contributed by atoms with Crippen LogP contribution < -0.4 is 10.1 Å². The van der Waals surface area contributed by atoms with Crippen LogP contribution in [0.1, 0.15) is 34.6 Å². The first-order chi connectivity index (χ1) is 17.6. The van der Waals surface area contributed by atoms with Gasteiger partial charge >= 0.3 is 6.03 Å². The van der Waals surface area contributed by atoms with Gasteiger partial charge in [-0.1, -0.05) is 48.4 Å². The number of hydrogen-bond donors (Lipinski definition) is 3. The molecule has 1 fully saturated rings. The topological polar surface area (TPSA) is 108 Å². The van der Waals surface area contributed by atoms with E-state index in [0.29, 0.717) is 34.6 Å². The number of aromatic nitrogens is 2. The number of amides is 3. The van der Waals surface area contributed by atoms with Gasteiger partial charge in [-0.25, -0.2) is 9.78 Å².